The van der Waals surface area contributed by atoms with Gasteiger partial charge in [-0.2, -0.15) is 0 Å². The monoisotopic (exact) mass is 216 g/mol. The largest absolute Gasteiger partial charge is 0.471 e. The first-order valence-corrected chi connectivity index (χ1v) is 4.75. The molecule has 0 spiro atoms. The Morgan fingerprint density at radius 3 is 2.80 bits per heavy atom. The molecule has 1 rings (SSSR count). The van der Waals surface area contributed by atoms with E-state index in [2.05, 4.69) is 10.3 Å². The molecule has 0 aliphatic heterocycles. The Morgan fingerprint density at radius 2 is 2.27 bits per heavy atom. The molecule has 0 unspecified atom stereocenters. The molecule has 1 aromatic heterocycles. The number of rotatable bonds is 5. The van der Waals surface area contributed by atoms with Gasteiger partial charge in [0.05, 0.1) is 11.9 Å². The van der Waals surface area contributed by atoms with Gasteiger partial charge in [0.25, 0.3) is 6.43 Å². The average Bonchev–Trinajstić information content (AvgIpc) is 2.25. The Bertz CT molecular complexity index is 318. The maximum atomic E-state index is 11.9. The molecule has 1 aromatic rings. The summed E-state index contributed by atoms with van der Waals surface area (Å²) in [5, 5.41) is 2.93. The van der Waals surface area contributed by atoms with Gasteiger partial charge in [-0.05, 0) is 12.5 Å². The Labute approximate surface area is 87.5 Å². The minimum atomic E-state index is -2.47. The quantitative estimate of drug-likeness (QED) is 0.820. The number of pyridine rings is 1. The maximum Gasteiger partial charge on any atom is 0.272 e. The Hall–Kier alpha value is -1.39. The fourth-order valence-corrected chi connectivity index (χ4v) is 1.16. The molecule has 0 aliphatic rings. The standard InChI is InChI=1S/C10H14F2N2O/c1-3-7-4-8(13-2)5-14-10(7)15-6-9(11)12/h4-5,9,13H,3,6H2,1-2H3. The second-order valence-corrected chi connectivity index (χ2v) is 2.99. The summed E-state index contributed by atoms with van der Waals surface area (Å²) < 4.78 is 28.8. The van der Waals surface area contributed by atoms with Crippen LogP contribution in [-0.4, -0.2) is 25.1 Å². The maximum absolute atomic E-state index is 11.9. The zero-order valence-corrected chi connectivity index (χ0v) is 8.76. The topological polar surface area (TPSA) is 34.2 Å². The molecule has 0 aliphatic carbocycles. The summed E-state index contributed by atoms with van der Waals surface area (Å²) in [7, 11) is 1.77. The van der Waals surface area contributed by atoms with E-state index in [1.807, 2.05) is 13.0 Å². The van der Waals surface area contributed by atoms with Crippen LogP contribution in [0.25, 0.3) is 0 Å². The molecule has 0 radical (unpaired) electrons. The Balaban J connectivity index is 2.78. The van der Waals surface area contributed by atoms with Gasteiger partial charge in [0, 0.05) is 12.6 Å². The van der Waals surface area contributed by atoms with Crippen LogP contribution in [0.5, 0.6) is 5.88 Å². The van der Waals surface area contributed by atoms with Crippen molar-refractivity contribution in [3.63, 3.8) is 0 Å². The van der Waals surface area contributed by atoms with Crippen LogP contribution in [0.1, 0.15) is 12.5 Å². The van der Waals surface area contributed by atoms with E-state index < -0.39 is 13.0 Å². The zero-order chi connectivity index (χ0) is 11.3. The van der Waals surface area contributed by atoms with E-state index in [1.165, 1.54) is 0 Å². The molecule has 84 valence electrons. The van der Waals surface area contributed by atoms with Crippen molar-refractivity contribution < 1.29 is 13.5 Å². The van der Waals surface area contributed by atoms with Gasteiger partial charge in [-0.15, -0.1) is 0 Å². The van der Waals surface area contributed by atoms with Gasteiger partial charge in [0.2, 0.25) is 5.88 Å². The van der Waals surface area contributed by atoms with Crippen LogP contribution < -0.4 is 10.1 Å². The number of nitrogens with zero attached hydrogens (tertiary/aromatic N) is 1. The first kappa shape index (κ1) is 11.7. The van der Waals surface area contributed by atoms with Crippen LogP contribution in [0.3, 0.4) is 0 Å². The molecule has 1 N–H and O–H groups in total. The predicted molar refractivity (Wildman–Crippen MR) is 54.7 cm³/mol. The smallest absolute Gasteiger partial charge is 0.272 e. The van der Waals surface area contributed by atoms with Crippen LogP contribution in [0, 0.1) is 0 Å². The summed E-state index contributed by atoms with van der Waals surface area (Å²) in [5.74, 6) is 0.289. The van der Waals surface area contributed by atoms with Crippen molar-refractivity contribution in [3.8, 4) is 5.88 Å². The van der Waals surface area contributed by atoms with Gasteiger partial charge < -0.3 is 10.1 Å². The SMILES string of the molecule is CCc1cc(NC)cnc1OCC(F)F. The van der Waals surface area contributed by atoms with Gasteiger partial charge in [-0.1, -0.05) is 6.92 Å². The fourth-order valence-electron chi connectivity index (χ4n) is 1.16. The molecular formula is C10H14F2N2O. The lowest BCUT2D eigenvalue weighted by molar-refractivity contribution is 0.0791. The summed E-state index contributed by atoms with van der Waals surface area (Å²) in [4.78, 5) is 3.97. The van der Waals surface area contributed by atoms with Crippen LogP contribution in [0.2, 0.25) is 0 Å². The molecule has 0 fully saturated rings. The third-order valence-electron chi connectivity index (χ3n) is 1.94. The molecule has 0 atom stereocenters. The molecular weight excluding hydrogens is 202 g/mol. The third-order valence-corrected chi connectivity index (χ3v) is 1.94. The molecule has 0 amide bonds. The van der Waals surface area contributed by atoms with E-state index in [0.717, 1.165) is 11.3 Å². The third kappa shape index (κ3) is 3.34. The molecule has 0 saturated carbocycles. The van der Waals surface area contributed by atoms with Crippen molar-refractivity contribution >= 4 is 5.69 Å². The van der Waals surface area contributed by atoms with E-state index in [0.29, 0.717) is 6.42 Å². The summed E-state index contributed by atoms with van der Waals surface area (Å²) >= 11 is 0. The highest BCUT2D eigenvalue weighted by Crippen LogP contribution is 2.20. The molecule has 1 heterocycles. The van der Waals surface area contributed by atoms with Crippen LogP contribution >= 0.6 is 0 Å². The molecule has 0 aromatic carbocycles. The van der Waals surface area contributed by atoms with Gasteiger partial charge in [0.15, 0.2) is 6.61 Å². The first-order valence-electron chi connectivity index (χ1n) is 4.75. The number of nitrogens with one attached hydrogen (secondary N) is 1. The van der Waals surface area contributed by atoms with Crippen molar-refractivity contribution in [1.82, 2.24) is 4.98 Å². The minimum absolute atomic E-state index is 0.289. The number of hydrogen-bond acceptors (Lipinski definition) is 3. The van der Waals surface area contributed by atoms with E-state index >= 15 is 0 Å². The molecule has 0 saturated heterocycles. The summed E-state index contributed by atoms with van der Waals surface area (Å²) in [6.07, 6.45) is -0.221. The lowest BCUT2D eigenvalue weighted by Gasteiger charge is -2.10. The Morgan fingerprint density at radius 1 is 1.53 bits per heavy atom. The lowest BCUT2D eigenvalue weighted by Crippen LogP contribution is -2.09. The highest BCUT2D eigenvalue weighted by molar-refractivity contribution is 5.46. The Kier molecular flexibility index (Phi) is 4.27. The van der Waals surface area contributed by atoms with Crippen molar-refractivity contribution in [2.45, 2.75) is 19.8 Å². The van der Waals surface area contributed by atoms with Crippen LogP contribution in [-0.2, 0) is 6.42 Å². The van der Waals surface area contributed by atoms with Crippen molar-refractivity contribution in [1.29, 1.82) is 0 Å². The van der Waals surface area contributed by atoms with E-state index in [1.54, 1.807) is 13.2 Å². The molecule has 5 heteroatoms. The normalized spacial score (nSPS) is 10.5. The highest BCUT2D eigenvalue weighted by Gasteiger charge is 2.08. The van der Waals surface area contributed by atoms with Gasteiger partial charge in [-0.25, -0.2) is 13.8 Å². The van der Waals surface area contributed by atoms with Gasteiger partial charge >= 0.3 is 0 Å². The van der Waals surface area contributed by atoms with Crippen molar-refractivity contribution in [2.24, 2.45) is 0 Å². The average molecular weight is 216 g/mol. The second-order valence-electron chi connectivity index (χ2n) is 2.99. The van der Waals surface area contributed by atoms with Crippen molar-refractivity contribution in [3.05, 3.63) is 17.8 Å². The van der Waals surface area contributed by atoms with E-state index in [-0.39, 0.29) is 5.88 Å². The highest BCUT2D eigenvalue weighted by atomic mass is 19.3. The van der Waals surface area contributed by atoms with Gasteiger partial charge in [-0.3, -0.25) is 0 Å². The van der Waals surface area contributed by atoms with Gasteiger partial charge in [0.1, 0.15) is 0 Å². The predicted octanol–water partition coefficient (Wildman–Crippen LogP) is 2.33. The minimum Gasteiger partial charge on any atom is -0.471 e. The number of hydrogen-bond donors (Lipinski definition) is 1. The second kappa shape index (κ2) is 5.48. The molecule has 0 bridgehead atoms. The number of halogens is 2. The summed E-state index contributed by atoms with van der Waals surface area (Å²) in [5.41, 5.74) is 1.67. The van der Waals surface area contributed by atoms with E-state index in [9.17, 15) is 8.78 Å². The van der Waals surface area contributed by atoms with Crippen molar-refractivity contribution in [2.75, 3.05) is 19.0 Å². The number of aromatic nitrogens is 1. The number of anilines is 1. The first-order chi connectivity index (χ1) is 7.17. The molecule has 15 heavy (non-hydrogen) atoms. The zero-order valence-electron chi connectivity index (χ0n) is 8.76. The van der Waals surface area contributed by atoms with Crippen LogP contribution in [0.15, 0.2) is 12.3 Å². The fraction of sp³-hybridized carbons (Fsp3) is 0.500. The molecule has 3 nitrogen and oxygen atoms in total. The van der Waals surface area contributed by atoms with Crippen LogP contribution in [0.4, 0.5) is 14.5 Å². The number of alkyl halides is 2. The van der Waals surface area contributed by atoms with E-state index in [4.69, 9.17) is 4.74 Å². The summed E-state index contributed by atoms with van der Waals surface area (Å²) in [6, 6.07) is 1.84. The number of aryl methyl sites for hydroxylation is 1. The number of ether oxygens (including phenoxy) is 1. The summed E-state index contributed by atoms with van der Waals surface area (Å²) in [6.45, 7) is 1.31. The lowest BCUT2D eigenvalue weighted by atomic mass is 10.2.